The Morgan fingerprint density at radius 3 is 2.28 bits per heavy atom. The molecule has 1 aromatic carbocycles. The highest BCUT2D eigenvalue weighted by Gasteiger charge is 2.31. The van der Waals surface area contributed by atoms with Gasteiger partial charge in [0.25, 0.3) is 17.6 Å². The summed E-state index contributed by atoms with van der Waals surface area (Å²) in [6.45, 7) is 0.703. The van der Waals surface area contributed by atoms with Crippen LogP contribution < -0.4 is 0 Å². The molecular weight excluding hydrogens is 452 g/mol. The van der Waals surface area contributed by atoms with Crippen LogP contribution in [0.15, 0.2) is 39.5 Å². The predicted octanol–water partition coefficient (Wildman–Crippen LogP) is 2.97. The van der Waals surface area contributed by atoms with Gasteiger partial charge in [-0.05, 0) is 40.2 Å². The first-order valence-corrected chi connectivity index (χ1v) is 9.49. The molecule has 1 aliphatic rings. The summed E-state index contributed by atoms with van der Waals surface area (Å²) in [6.07, 6.45) is 1.13. The highest BCUT2D eigenvalue weighted by molar-refractivity contribution is 9.10. The third-order valence-corrected chi connectivity index (χ3v) is 5.24. The van der Waals surface area contributed by atoms with E-state index >= 15 is 0 Å². The fraction of sp³-hybridized carbons (Fsp3) is 0.211. The molecule has 10 heteroatoms. The predicted molar refractivity (Wildman–Crippen MR) is 101 cm³/mol. The monoisotopic (exact) mass is 465 g/mol. The van der Waals surface area contributed by atoms with Gasteiger partial charge in [-0.15, -0.1) is 0 Å². The number of halogens is 3. The summed E-state index contributed by atoms with van der Waals surface area (Å²) in [5, 5.41) is -0.249. The molecule has 1 saturated heterocycles. The van der Waals surface area contributed by atoms with E-state index in [-0.39, 0.29) is 54.3 Å². The molecule has 0 saturated carbocycles. The van der Waals surface area contributed by atoms with Crippen molar-refractivity contribution in [3.8, 4) is 0 Å². The van der Waals surface area contributed by atoms with Crippen LogP contribution in [0.4, 0.5) is 8.78 Å². The molecule has 150 valence electrons. The molecule has 3 heterocycles. The first-order valence-electron chi connectivity index (χ1n) is 8.70. The van der Waals surface area contributed by atoms with Crippen molar-refractivity contribution in [2.24, 2.45) is 0 Å². The van der Waals surface area contributed by atoms with Crippen LogP contribution in [0.3, 0.4) is 0 Å². The molecule has 1 aliphatic heterocycles. The Morgan fingerprint density at radius 2 is 1.62 bits per heavy atom. The van der Waals surface area contributed by atoms with Crippen LogP contribution in [0.2, 0.25) is 0 Å². The molecule has 7 nitrogen and oxygen atoms in total. The Hall–Kier alpha value is -3.01. The number of carbonyl (C=O) groups excluding carboxylic acids is 3. The SMILES string of the molecule is O=C(C(=O)N1CCN(C(=O)c2ccc(Br)o2)CC1)c1c[nH]c2c(F)ccc(F)c12. The maximum absolute atomic E-state index is 14.1. The fourth-order valence-corrected chi connectivity index (χ4v) is 3.61. The Bertz CT molecular complexity index is 1130. The van der Waals surface area contributed by atoms with E-state index in [2.05, 4.69) is 20.9 Å². The maximum Gasteiger partial charge on any atom is 0.295 e. The van der Waals surface area contributed by atoms with Gasteiger partial charge in [-0.1, -0.05) is 0 Å². The van der Waals surface area contributed by atoms with Crippen LogP contribution in [0.5, 0.6) is 0 Å². The van der Waals surface area contributed by atoms with Gasteiger partial charge in [-0.2, -0.15) is 0 Å². The van der Waals surface area contributed by atoms with E-state index in [0.717, 1.165) is 18.3 Å². The number of benzene rings is 1. The van der Waals surface area contributed by atoms with Crippen LogP contribution in [-0.2, 0) is 4.79 Å². The number of carbonyl (C=O) groups is 3. The zero-order valence-corrected chi connectivity index (χ0v) is 16.5. The minimum absolute atomic E-state index is 0.136. The fourth-order valence-electron chi connectivity index (χ4n) is 3.31. The van der Waals surface area contributed by atoms with Crippen molar-refractivity contribution in [2.45, 2.75) is 0 Å². The van der Waals surface area contributed by atoms with Crippen LogP contribution in [0.25, 0.3) is 10.9 Å². The van der Waals surface area contributed by atoms with Crippen molar-refractivity contribution in [1.29, 1.82) is 0 Å². The van der Waals surface area contributed by atoms with E-state index in [1.54, 1.807) is 6.07 Å². The summed E-state index contributed by atoms with van der Waals surface area (Å²) in [4.78, 5) is 42.9. The lowest BCUT2D eigenvalue weighted by Crippen LogP contribution is -2.52. The van der Waals surface area contributed by atoms with Crippen molar-refractivity contribution < 1.29 is 27.6 Å². The Labute approximate surface area is 171 Å². The summed E-state index contributed by atoms with van der Waals surface area (Å²) in [5.41, 5.74) is -0.387. The number of aromatic amines is 1. The number of fused-ring (bicyclic) bond motifs is 1. The van der Waals surface area contributed by atoms with E-state index in [4.69, 9.17) is 4.42 Å². The lowest BCUT2D eigenvalue weighted by Gasteiger charge is -2.33. The van der Waals surface area contributed by atoms with Gasteiger partial charge in [0.2, 0.25) is 0 Å². The molecule has 1 fully saturated rings. The number of Topliss-reactive ketones (excluding diaryl/α,β-unsaturated/α-hetero) is 1. The van der Waals surface area contributed by atoms with Gasteiger partial charge in [0, 0.05) is 37.8 Å². The van der Waals surface area contributed by atoms with Gasteiger partial charge in [-0.25, -0.2) is 8.78 Å². The van der Waals surface area contributed by atoms with Crippen molar-refractivity contribution in [3.05, 3.63) is 58.1 Å². The molecule has 0 unspecified atom stereocenters. The Balaban J connectivity index is 1.47. The average Bonchev–Trinajstić information content (AvgIpc) is 3.36. The molecule has 0 bridgehead atoms. The minimum Gasteiger partial charge on any atom is -0.444 e. The van der Waals surface area contributed by atoms with E-state index in [0.29, 0.717) is 4.67 Å². The summed E-state index contributed by atoms with van der Waals surface area (Å²) < 4.78 is 33.6. The zero-order chi connectivity index (χ0) is 20.7. The second-order valence-electron chi connectivity index (χ2n) is 6.50. The van der Waals surface area contributed by atoms with Gasteiger partial charge >= 0.3 is 0 Å². The lowest BCUT2D eigenvalue weighted by atomic mass is 10.1. The molecule has 2 amide bonds. The first kappa shape index (κ1) is 19.3. The van der Waals surface area contributed by atoms with Gasteiger partial charge in [-0.3, -0.25) is 14.4 Å². The molecule has 4 rings (SSSR count). The van der Waals surface area contributed by atoms with Gasteiger partial charge in [0.15, 0.2) is 10.4 Å². The molecule has 0 spiro atoms. The second-order valence-corrected chi connectivity index (χ2v) is 7.28. The molecule has 1 N–H and O–H groups in total. The smallest absolute Gasteiger partial charge is 0.295 e. The largest absolute Gasteiger partial charge is 0.444 e. The number of aromatic nitrogens is 1. The van der Waals surface area contributed by atoms with Crippen molar-refractivity contribution in [1.82, 2.24) is 14.8 Å². The zero-order valence-electron chi connectivity index (χ0n) is 14.9. The molecule has 2 aromatic heterocycles. The third kappa shape index (κ3) is 3.44. The third-order valence-electron chi connectivity index (χ3n) is 4.81. The normalized spacial score (nSPS) is 14.4. The number of amides is 2. The van der Waals surface area contributed by atoms with E-state index in [1.165, 1.54) is 15.9 Å². The highest BCUT2D eigenvalue weighted by Crippen LogP contribution is 2.25. The standard InChI is InChI=1S/C19H14BrF2N3O4/c20-14-4-3-13(29-14)18(27)24-5-7-25(8-6-24)19(28)17(26)10-9-23-16-12(22)2-1-11(21)15(10)16/h1-4,9,23H,5-8H2. The van der Waals surface area contributed by atoms with Gasteiger partial charge in [0.05, 0.1) is 11.1 Å². The molecule has 0 aliphatic carbocycles. The number of nitrogens with zero attached hydrogens (tertiary/aromatic N) is 2. The quantitative estimate of drug-likeness (QED) is 0.475. The van der Waals surface area contributed by atoms with Crippen LogP contribution in [-0.4, -0.2) is 58.6 Å². The van der Waals surface area contributed by atoms with E-state index < -0.39 is 23.3 Å². The number of hydrogen-bond donors (Lipinski definition) is 1. The van der Waals surface area contributed by atoms with Gasteiger partial charge in [0.1, 0.15) is 11.6 Å². The summed E-state index contributed by atoms with van der Waals surface area (Å²) in [6, 6.07) is 5.00. The molecule has 0 radical (unpaired) electrons. The summed E-state index contributed by atoms with van der Waals surface area (Å²) >= 11 is 3.13. The topological polar surface area (TPSA) is 86.6 Å². The summed E-state index contributed by atoms with van der Waals surface area (Å²) in [7, 11) is 0. The Morgan fingerprint density at radius 1 is 0.966 bits per heavy atom. The summed E-state index contributed by atoms with van der Waals surface area (Å²) in [5.74, 6) is -3.42. The molecule has 0 atom stereocenters. The lowest BCUT2D eigenvalue weighted by molar-refractivity contribution is -0.127. The van der Waals surface area contributed by atoms with Crippen LogP contribution in [0, 0.1) is 11.6 Å². The van der Waals surface area contributed by atoms with Crippen molar-refractivity contribution in [2.75, 3.05) is 26.2 Å². The van der Waals surface area contributed by atoms with E-state index in [9.17, 15) is 23.2 Å². The number of nitrogens with one attached hydrogen (secondary N) is 1. The molecule has 29 heavy (non-hydrogen) atoms. The molecule has 3 aromatic rings. The van der Waals surface area contributed by atoms with Crippen molar-refractivity contribution in [3.63, 3.8) is 0 Å². The average molecular weight is 466 g/mol. The van der Waals surface area contributed by atoms with Gasteiger partial charge < -0.3 is 19.2 Å². The number of ketones is 1. The van der Waals surface area contributed by atoms with Crippen LogP contribution >= 0.6 is 15.9 Å². The van der Waals surface area contributed by atoms with Crippen LogP contribution in [0.1, 0.15) is 20.9 Å². The van der Waals surface area contributed by atoms with E-state index in [1.807, 2.05) is 0 Å². The Kier molecular flexibility index (Phi) is 4.95. The minimum atomic E-state index is -0.935. The molecular formula is C19H14BrF2N3O4. The maximum atomic E-state index is 14.1. The number of H-pyrrole nitrogens is 1. The number of piperazine rings is 1. The highest BCUT2D eigenvalue weighted by atomic mass is 79.9. The number of furan rings is 1. The number of hydrogen-bond acceptors (Lipinski definition) is 4. The van der Waals surface area contributed by atoms with Crippen molar-refractivity contribution >= 4 is 44.4 Å². The second kappa shape index (κ2) is 7.43. The number of rotatable bonds is 3. The first-order chi connectivity index (χ1) is 13.9.